The summed E-state index contributed by atoms with van der Waals surface area (Å²) < 4.78 is 25.6. The molecule has 0 atom stereocenters. The first-order chi connectivity index (χ1) is 6.15. The van der Waals surface area contributed by atoms with Gasteiger partial charge in [0.2, 0.25) is 0 Å². The van der Waals surface area contributed by atoms with Gasteiger partial charge in [-0.3, -0.25) is 0 Å². The van der Waals surface area contributed by atoms with E-state index in [1.54, 1.807) is 6.08 Å². The van der Waals surface area contributed by atoms with Gasteiger partial charge >= 0.3 is 0 Å². The third-order valence-electron chi connectivity index (χ3n) is 1.50. The first-order valence-electron chi connectivity index (χ1n) is 3.62. The molecule has 1 aromatic rings. The molecule has 0 aliphatic rings. The van der Waals surface area contributed by atoms with Crippen LogP contribution in [0.1, 0.15) is 5.56 Å². The van der Waals surface area contributed by atoms with Crippen molar-refractivity contribution in [2.45, 2.75) is 0 Å². The second-order valence-electron chi connectivity index (χ2n) is 2.45. The number of hydrogen-bond donors (Lipinski definition) is 1. The van der Waals surface area contributed by atoms with Gasteiger partial charge in [0, 0.05) is 22.6 Å². The van der Waals surface area contributed by atoms with Gasteiger partial charge in [-0.15, -0.1) is 0 Å². The Kier molecular flexibility index (Phi) is 3.42. The van der Waals surface area contributed by atoms with Crippen molar-refractivity contribution in [2.24, 2.45) is 0 Å². The van der Waals surface area contributed by atoms with Gasteiger partial charge in [-0.25, -0.2) is 8.78 Å². The average Bonchev–Trinajstić information content (AvgIpc) is 2.02. The quantitative estimate of drug-likeness (QED) is 0.632. The van der Waals surface area contributed by atoms with Crippen molar-refractivity contribution in [1.82, 2.24) is 0 Å². The van der Waals surface area contributed by atoms with E-state index in [4.69, 9.17) is 5.73 Å². The van der Waals surface area contributed by atoms with Crippen LogP contribution in [0.4, 0.5) is 14.5 Å². The molecule has 0 aromatic heterocycles. The molecule has 0 aliphatic heterocycles. The molecule has 0 fully saturated rings. The molecule has 0 heterocycles. The molecule has 0 amide bonds. The monoisotopic (exact) mass is 247 g/mol. The highest BCUT2D eigenvalue weighted by Crippen LogP contribution is 2.19. The Morgan fingerprint density at radius 2 is 2.08 bits per heavy atom. The van der Waals surface area contributed by atoms with Gasteiger partial charge < -0.3 is 5.73 Å². The zero-order valence-electron chi connectivity index (χ0n) is 6.73. The third kappa shape index (κ3) is 2.52. The molecule has 1 rings (SSSR count). The Morgan fingerprint density at radius 3 is 2.62 bits per heavy atom. The van der Waals surface area contributed by atoms with Crippen molar-refractivity contribution in [3.05, 3.63) is 35.4 Å². The van der Waals surface area contributed by atoms with Crippen LogP contribution in [-0.4, -0.2) is 5.33 Å². The fourth-order valence-corrected chi connectivity index (χ4v) is 1.13. The maximum atomic E-state index is 13.0. The Balaban J connectivity index is 3.13. The van der Waals surface area contributed by atoms with Crippen molar-refractivity contribution >= 4 is 27.7 Å². The first-order valence-corrected chi connectivity index (χ1v) is 4.74. The van der Waals surface area contributed by atoms with Gasteiger partial charge in [0.1, 0.15) is 11.6 Å². The molecule has 13 heavy (non-hydrogen) atoms. The number of nitrogens with two attached hydrogens (primary N) is 1. The number of allylic oxidation sites excluding steroid dienone is 1. The molecule has 1 nitrogen and oxygen atoms in total. The molecule has 1 aromatic carbocycles. The van der Waals surface area contributed by atoms with E-state index in [0.29, 0.717) is 5.33 Å². The largest absolute Gasteiger partial charge is 0.398 e. The van der Waals surface area contributed by atoms with E-state index < -0.39 is 11.6 Å². The van der Waals surface area contributed by atoms with E-state index in [-0.39, 0.29) is 11.3 Å². The highest BCUT2D eigenvalue weighted by Gasteiger charge is 2.05. The van der Waals surface area contributed by atoms with E-state index in [1.165, 1.54) is 6.08 Å². The average molecular weight is 248 g/mol. The van der Waals surface area contributed by atoms with E-state index >= 15 is 0 Å². The number of benzene rings is 1. The number of nitrogen functional groups attached to an aromatic ring is 1. The summed E-state index contributed by atoms with van der Waals surface area (Å²) in [6, 6.07) is 1.90. The summed E-state index contributed by atoms with van der Waals surface area (Å²) in [7, 11) is 0. The lowest BCUT2D eigenvalue weighted by atomic mass is 10.1. The van der Waals surface area contributed by atoms with E-state index in [2.05, 4.69) is 15.9 Å². The summed E-state index contributed by atoms with van der Waals surface area (Å²) in [5.74, 6) is -1.30. The fourth-order valence-electron chi connectivity index (χ4n) is 0.943. The predicted octanol–water partition coefficient (Wildman–Crippen LogP) is 2.96. The molecule has 4 heteroatoms. The Hall–Kier alpha value is -0.900. The van der Waals surface area contributed by atoms with Gasteiger partial charge in [0.05, 0.1) is 0 Å². The zero-order valence-corrected chi connectivity index (χ0v) is 8.31. The number of alkyl halides is 1. The second-order valence-corrected chi connectivity index (χ2v) is 3.09. The minimum absolute atomic E-state index is 0.106. The van der Waals surface area contributed by atoms with Gasteiger partial charge in [0.25, 0.3) is 0 Å². The van der Waals surface area contributed by atoms with Crippen molar-refractivity contribution in [2.75, 3.05) is 11.1 Å². The van der Waals surface area contributed by atoms with E-state index in [0.717, 1.165) is 12.1 Å². The molecule has 70 valence electrons. The first kappa shape index (κ1) is 10.2. The minimum Gasteiger partial charge on any atom is -0.398 e. The van der Waals surface area contributed by atoms with Crippen LogP contribution in [0.25, 0.3) is 6.08 Å². The topological polar surface area (TPSA) is 26.0 Å². The van der Waals surface area contributed by atoms with Crippen LogP contribution in [0.5, 0.6) is 0 Å². The van der Waals surface area contributed by atoms with Crippen LogP contribution >= 0.6 is 15.9 Å². The molecular weight excluding hydrogens is 240 g/mol. The molecule has 0 saturated heterocycles. The van der Waals surface area contributed by atoms with Crippen molar-refractivity contribution < 1.29 is 8.78 Å². The molecule has 0 aliphatic carbocycles. The van der Waals surface area contributed by atoms with Crippen LogP contribution < -0.4 is 5.73 Å². The number of halogens is 3. The predicted molar refractivity (Wildman–Crippen MR) is 53.6 cm³/mol. The zero-order chi connectivity index (χ0) is 9.84. The number of anilines is 1. The van der Waals surface area contributed by atoms with Gasteiger partial charge in [0.15, 0.2) is 0 Å². The Morgan fingerprint density at radius 1 is 1.38 bits per heavy atom. The van der Waals surface area contributed by atoms with Gasteiger partial charge in [-0.05, 0) is 6.07 Å². The molecule has 2 N–H and O–H groups in total. The van der Waals surface area contributed by atoms with Crippen molar-refractivity contribution in [3.63, 3.8) is 0 Å². The Labute approximate surface area is 83.4 Å². The van der Waals surface area contributed by atoms with Crippen LogP contribution in [0.2, 0.25) is 0 Å². The molecule has 0 bridgehead atoms. The van der Waals surface area contributed by atoms with Gasteiger partial charge in [-0.2, -0.15) is 0 Å². The molecule has 0 radical (unpaired) electrons. The standard InChI is InChI=1S/C9H8BrF2N/c10-3-1-2-7-8(12)4-6(11)5-9(7)13/h1-2,4-5H,3,13H2. The van der Waals surface area contributed by atoms with Gasteiger partial charge in [-0.1, -0.05) is 28.1 Å². The maximum absolute atomic E-state index is 13.0. The van der Waals surface area contributed by atoms with E-state index in [1.807, 2.05) is 0 Å². The third-order valence-corrected chi connectivity index (χ3v) is 1.87. The summed E-state index contributed by atoms with van der Waals surface area (Å²) in [4.78, 5) is 0. The SMILES string of the molecule is Nc1cc(F)cc(F)c1C=CCBr. The highest BCUT2D eigenvalue weighted by molar-refractivity contribution is 9.09. The summed E-state index contributed by atoms with van der Waals surface area (Å²) in [5, 5.41) is 0.600. The molecule has 0 spiro atoms. The summed E-state index contributed by atoms with van der Waals surface area (Å²) in [6.07, 6.45) is 3.20. The minimum atomic E-state index is -0.661. The highest BCUT2D eigenvalue weighted by atomic mass is 79.9. The fraction of sp³-hybridized carbons (Fsp3) is 0.111. The van der Waals surface area contributed by atoms with Crippen LogP contribution in [0, 0.1) is 11.6 Å². The van der Waals surface area contributed by atoms with E-state index in [9.17, 15) is 8.78 Å². The second kappa shape index (κ2) is 4.37. The lowest BCUT2D eigenvalue weighted by Gasteiger charge is -2.01. The smallest absolute Gasteiger partial charge is 0.135 e. The Bertz CT molecular complexity index is 313. The van der Waals surface area contributed by atoms with Crippen molar-refractivity contribution in [3.8, 4) is 0 Å². The number of hydrogen-bond acceptors (Lipinski definition) is 1. The van der Waals surface area contributed by atoms with Crippen LogP contribution in [0.3, 0.4) is 0 Å². The summed E-state index contributed by atoms with van der Waals surface area (Å²) in [6.45, 7) is 0. The molecule has 0 saturated carbocycles. The number of rotatable bonds is 2. The lowest BCUT2D eigenvalue weighted by Crippen LogP contribution is -1.94. The lowest BCUT2D eigenvalue weighted by molar-refractivity contribution is 0.583. The van der Waals surface area contributed by atoms with Crippen LogP contribution in [0.15, 0.2) is 18.2 Å². The van der Waals surface area contributed by atoms with Crippen molar-refractivity contribution in [1.29, 1.82) is 0 Å². The summed E-state index contributed by atoms with van der Waals surface area (Å²) in [5.41, 5.74) is 5.75. The normalized spacial score (nSPS) is 11.0. The van der Waals surface area contributed by atoms with Crippen LogP contribution in [-0.2, 0) is 0 Å². The molecular formula is C9H8BrF2N. The summed E-state index contributed by atoms with van der Waals surface area (Å²) >= 11 is 3.15. The maximum Gasteiger partial charge on any atom is 0.135 e. The molecule has 0 unspecified atom stereocenters.